The number of hydrogen-bond acceptors (Lipinski definition) is 5. The van der Waals surface area contributed by atoms with Crippen LogP contribution in [0.3, 0.4) is 0 Å². The predicted molar refractivity (Wildman–Crippen MR) is 120 cm³/mol. The van der Waals surface area contributed by atoms with Crippen molar-refractivity contribution in [2.75, 3.05) is 38.2 Å². The minimum Gasteiger partial charge on any atom is -0.382 e. The molecule has 2 atom stereocenters. The molecule has 2 fully saturated rings. The summed E-state index contributed by atoms with van der Waals surface area (Å²) in [5.74, 6) is 0.210. The van der Waals surface area contributed by atoms with Crippen molar-refractivity contribution >= 4 is 17.3 Å². The van der Waals surface area contributed by atoms with E-state index in [0.29, 0.717) is 11.6 Å². The van der Waals surface area contributed by atoms with Crippen LogP contribution in [-0.2, 0) is 4.74 Å². The van der Waals surface area contributed by atoms with E-state index in [2.05, 4.69) is 22.2 Å². The minimum absolute atomic E-state index is 0.0301. The third-order valence-electron chi connectivity index (χ3n) is 6.52. The largest absolute Gasteiger partial charge is 0.382 e. The highest BCUT2D eigenvalue weighted by Crippen LogP contribution is 2.29. The van der Waals surface area contributed by atoms with Crippen LogP contribution in [0.1, 0.15) is 50.3 Å². The zero-order chi connectivity index (χ0) is 21.8. The van der Waals surface area contributed by atoms with Gasteiger partial charge < -0.3 is 10.1 Å². The molecule has 2 aliphatic heterocycles. The summed E-state index contributed by atoms with van der Waals surface area (Å²) in [7, 11) is 0. The standard InChI is InChI=1S/C23H30ClFN4O2/c1-16(18-4-6-19(25)7-5-18)28-10-8-20(9-11-28)29-23(30)22(24)21(14-27-29)26-13-17-3-2-12-31-15-17/h4-7,14,16-17,20,26H,2-3,8-13,15H2,1H3/t16?,17-/m1/s1. The van der Waals surface area contributed by atoms with Crippen molar-refractivity contribution in [2.45, 2.75) is 44.7 Å². The van der Waals surface area contributed by atoms with Crippen LogP contribution >= 0.6 is 11.6 Å². The lowest BCUT2D eigenvalue weighted by Crippen LogP contribution is -2.39. The first kappa shape index (κ1) is 22.2. The summed E-state index contributed by atoms with van der Waals surface area (Å²) in [6, 6.07) is 6.90. The Bertz CT molecular complexity index is 922. The summed E-state index contributed by atoms with van der Waals surface area (Å²) < 4.78 is 20.2. The highest BCUT2D eigenvalue weighted by Gasteiger charge is 2.26. The molecule has 8 heteroatoms. The van der Waals surface area contributed by atoms with E-state index in [-0.39, 0.29) is 28.5 Å². The van der Waals surface area contributed by atoms with Gasteiger partial charge in [0.25, 0.3) is 5.56 Å². The number of benzene rings is 1. The van der Waals surface area contributed by atoms with Gasteiger partial charge in [-0.1, -0.05) is 23.7 Å². The summed E-state index contributed by atoms with van der Waals surface area (Å²) in [4.78, 5) is 15.2. The molecule has 2 aromatic rings. The fourth-order valence-electron chi connectivity index (χ4n) is 4.52. The van der Waals surface area contributed by atoms with E-state index in [0.717, 1.165) is 64.1 Å². The van der Waals surface area contributed by atoms with Crippen LogP contribution < -0.4 is 10.9 Å². The van der Waals surface area contributed by atoms with Crippen LogP contribution in [0.5, 0.6) is 0 Å². The summed E-state index contributed by atoms with van der Waals surface area (Å²) >= 11 is 6.40. The molecule has 3 heterocycles. The molecule has 2 aliphatic rings. The smallest absolute Gasteiger partial charge is 0.287 e. The van der Waals surface area contributed by atoms with Crippen molar-refractivity contribution in [1.82, 2.24) is 14.7 Å². The Labute approximate surface area is 187 Å². The number of halogens is 2. The highest BCUT2D eigenvalue weighted by atomic mass is 35.5. The van der Waals surface area contributed by atoms with Gasteiger partial charge in [-0.15, -0.1) is 0 Å². The molecule has 1 unspecified atom stereocenters. The van der Waals surface area contributed by atoms with E-state index in [1.54, 1.807) is 6.20 Å². The van der Waals surface area contributed by atoms with Crippen LogP contribution in [-0.4, -0.2) is 47.5 Å². The van der Waals surface area contributed by atoms with Gasteiger partial charge in [0.2, 0.25) is 0 Å². The maximum atomic E-state index is 13.2. The molecule has 31 heavy (non-hydrogen) atoms. The topological polar surface area (TPSA) is 59.4 Å². The average Bonchev–Trinajstić information content (AvgIpc) is 2.81. The van der Waals surface area contributed by atoms with Crippen LogP contribution in [0.2, 0.25) is 5.02 Å². The fourth-order valence-corrected chi connectivity index (χ4v) is 4.72. The summed E-state index contributed by atoms with van der Waals surface area (Å²) in [6.45, 7) is 6.12. The van der Waals surface area contributed by atoms with Gasteiger partial charge >= 0.3 is 0 Å². The Kier molecular flexibility index (Phi) is 7.25. The Balaban J connectivity index is 1.36. The van der Waals surface area contributed by atoms with Crippen LogP contribution in [0.25, 0.3) is 0 Å². The van der Waals surface area contributed by atoms with Crippen molar-refractivity contribution in [1.29, 1.82) is 0 Å². The Morgan fingerprint density at radius 3 is 2.68 bits per heavy atom. The molecule has 2 saturated heterocycles. The lowest BCUT2D eigenvalue weighted by molar-refractivity contribution is 0.0595. The Hall–Kier alpha value is -1.96. The second-order valence-corrected chi connectivity index (χ2v) is 8.96. The number of nitrogens with zero attached hydrogens (tertiary/aromatic N) is 3. The number of piperidine rings is 1. The highest BCUT2D eigenvalue weighted by molar-refractivity contribution is 6.32. The first-order chi connectivity index (χ1) is 15.0. The lowest BCUT2D eigenvalue weighted by Gasteiger charge is -2.36. The molecule has 1 N–H and O–H groups in total. The molecule has 1 aromatic carbocycles. The number of anilines is 1. The monoisotopic (exact) mass is 448 g/mol. The molecule has 168 valence electrons. The van der Waals surface area contributed by atoms with E-state index in [1.165, 1.54) is 16.8 Å². The third kappa shape index (κ3) is 5.27. The SMILES string of the molecule is CC(c1ccc(F)cc1)N1CCC(n2ncc(NC[C@H]3CCCOC3)c(Cl)c2=O)CC1. The molecule has 4 rings (SSSR count). The minimum atomic E-state index is -0.239. The lowest BCUT2D eigenvalue weighted by atomic mass is 10.00. The zero-order valence-corrected chi connectivity index (χ0v) is 18.7. The second-order valence-electron chi connectivity index (χ2n) is 8.58. The molecule has 0 aliphatic carbocycles. The molecular weight excluding hydrogens is 419 g/mol. The summed E-state index contributed by atoms with van der Waals surface area (Å²) in [6.07, 6.45) is 5.49. The maximum Gasteiger partial charge on any atom is 0.287 e. The van der Waals surface area contributed by atoms with Crippen LogP contribution in [0.4, 0.5) is 10.1 Å². The van der Waals surface area contributed by atoms with Gasteiger partial charge in [-0.05, 0) is 56.2 Å². The van der Waals surface area contributed by atoms with E-state index >= 15 is 0 Å². The fraction of sp³-hybridized carbons (Fsp3) is 0.565. The number of hydrogen-bond donors (Lipinski definition) is 1. The van der Waals surface area contributed by atoms with Crippen molar-refractivity contribution in [3.8, 4) is 0 Å². The Morgan fingerprint density at radius 1 is 1.26 bits per heavy atom. The van der Waals surface area contributed by atoms with Gasteiger partial charge in [0.15, 0.2) is 0 Å². The molecule has 1 aromatic heterocycles. The van der Waals surface area contributed by atoms with Crippen molar-refractivity contribution in [3.63, 3.8) is 0 Å². The summed E-state index contributed by atoms with van der Waals surface area (Å²) in [5.41, 5.74) is 1.45. The quantitative estimate of drug-likeness (QED) is 0.715. The van der Waals surface area contributed by atoms with Crippen LogP contribution in [0.15, 0.2) is 35.3 Å². The summed E-state index contributed by atoms with van der Waals surface area (Å²) in [5, 5.41) is 7.91. The number of ether oxygens (including phenoxy) is 1. The maximum absolute atomic E-state index is 13.2. The van der Waals surface area contributed by atoms with Crippen molar-refractivity contribution in [3.05, 3.63) is 57.2 Å². The predicted octanol–water partition coefficient (Wildman–Crippen LogP) is 4.27. The van der Waals surface area contributed by atoms with Gasteiger partial charge in [0.1, 0.15) is 10.8 Å². The molecule has 0 radical (unpaired) electrons. The van der Waals surface area contributed by atoms with Gasteiger partial charge in [-0.3, -0.25) is 9.69 Å². The number of rotatable bonds is 6. The molecular formula is C23H30ClFN4O2. The van der Waals surface area contributed by atoms with E-state index in [4.69, 9.17) is 16.3 Å². The molecule has 0 amide bonds. The van der Waals surface area contributed by atoms with Gasteiger partial charge in [0.05, 0.1) is 24.5 Å². The van der Waals surface area contributed by atoms with Crippen molar-refractivity contribution < 1.29 is 9.13 Å². The molecule has 0 saturated carbocycles. The second kappa shape index (κ2) is 10.1. The number of nitrogens with one attached hydrogen (secondary N) is 1. The normalized spacial score (nSPS) is 21.7. The van der Waals surface area contributed by atoms with Gasteiger partial charge in [0, 0.05) is 32.3 Å². The van der Waals surface area contributed by atoms with E-state index in [1.807, 2.05) is 12.1 Å². The molecule has 0 bridgehead atoms. The van der Waals surface area contributed by atoms with E-state index < -0.39 is 0 Å². The van der Waals surface area contributed by atoms with E-state index in [9.17, 15) is 9.18 Å². The first-order valence-electron chi connectivity index (χ1n) is 11.1. The van der Waals surface area contributed by atoms with Crippen molar-refractivity contribution in [2.24, 2.45) is 5.92 Å². The first-order valence-corrected chi connectivity index (χ1v) is 11.5. The zero-order valence-electron chi connectivity index (χ0n) is 17.9. The Morgan fingerprint density at radius 2 is 2.00 bits per heavy atom. The van der Waals surface area contributed by atoms with Gasteiger partial charge in [-0.25, -0.2) is 9.07 Å². The third-order valence-corrected chi connectivity index (χ3v) is 6.89. The number of aromatic nitrogens is 2. The number of likely N-dealkylation sites (tertiary alicyclic amines) is 1. The average molecular weight is 449 g/mol. The van der Waals surface area contributed by atoms with Crippen LogP contribution in [0, 0.1) is 11.7 Å². The molecule has 0 spiro atoms. The van der Waals surface area contributed by atoms with Gasteiger partial charge in [-0.2, -0.15) is 5.10 Å². The molecule has 6 nitrogen and oxygen atoms in total.